The zero-order valence-electron chi connectivity index (χ0n) is 11.8. The van der Waals surface area contributed by atoms with Crippen molar-refractivity contribution in [1.82, 2.24) is 9.55 Å². The second kappa shape index (κ2) is 6.27. The molecule has 0 atom stereocenters. The summed E-state index contributed by atoms with van der Waals surface area (Å²) in [5.41, 5.74) is 1.94. The fourth-order valence-corrected chi connectivity index (χ4v) is 2.48. The van der Waals surface area contributed by atoms with Crippen molar-refractivity contribution >= 4 is 28.6 Å². The summed E-state index contributed by atoms with van der Waals surface area (Å²) in [4.78, 5) is 15.2. The number of fused-ring (bicyclic) bond motifs is 1. The van der Waals surface area contributed by atoms with Crippen LogP contribution >= 0.6 is 11.6 Å². The summed E-state index contributed by atoms with van der Waals surface area (Å²) in [5, 5.41) is 9.41. The van der Waals surface area contributed by atoms with E-state index < -0.39 is 5.97 Å². The van der Waals surface area contributed by atoms with E-state index in [1.54, 1.807) is 0 Å². The van der Waals surface area contributed by atoms with Gasteiger partial charge in [-0.3, -0.25) is 4.79 Å². The molecule has 20 heavy (non-hydrogen) atoms. The van der Waals surface area contributed by atoms with Gasteiger partial charge in [-0.1, -0.05) is 25.4 Å². The molecule has 1 N–H and O–H groups in total. The van der Waals surface area contributed by atoms with Crippen LogP contribution in [0.5, 0.6) is 0 Å². The predicted octanol–water partition coefficient (Wildman–Crippen LogP) is 3.75. The minimum atomic E-state index is -0.764. The number of imidazole rings is 1. The predicted molar refractivity (Wildman–Crippen MR) is 80.2 cm³/mol. The molecule has 0 spiro atoms. The Labute approximate surface area is 123 Å². The van der Waals surface area contributed by atoms with E-state index in [1.165, 1.54) is 0 Å². The molecule has 108 valence electrons. The second-order valence-corrected chi connectivity index (χ2v) is 5.85. The van der Waals surface area contributed by atoms with Gasteiger partial charge in [-0.2, -0.15) is 0 Å². The Hall–Kier alpha value is -1.55. The number of hydrogen-bond donors (Lipinski definition) is 1. The molecule has 0 saturated heterocycles. The van der Waals surface area contributed by atoms with Gasteiger partial charge in [-0.05, 0) is 30.5 Å². The van der Waals surface area contributed by atoms with Gasteiger partial charge in [0.25, 0.3) is 0 Å². The second-order valence-electron chi connectivity index (χ2n) is 5.41. The number of benzene rings is 1. The first-order chi connectivity index (χ1) is 9.47. The van der Waals surface area contributed by atoms with Crippen LogP contribution in [0.2, 0.25) is 5.02 Å². The van der Waals surface area contributed by atoms with Crippen LogP contribution in [-0.4, -0.2) is 20.6 Å². The normalized spacial score (nSPS) is 11.4. The minimum Gasteiger partial charge on any atom is -0.481 e. The molecule has 1 heterocycles. The molecule has 1 aromatic heterocycles. The van der Waals surface area contributed by atoms with Gasteiger partial charge >= 0.3 is 5.97 Å². The van der Waals surface area contributed by atoms with E-state index in [1.807, 2.05) is 18.2 Å². The molecule has 0 saturated carbocycles. The van der Waals surface area contributed by atoms with Gasteiger partial charge in [0.15, 0.2) is 0 Å². The number of rotatable bonds is 6. The van der Waals surface area contributed by atoms with Crippen LogP contribution in [0, 0.1) is 5.92 Å². The van der Waals surface area contributed by atoms with Crippen LogP contribution in [0.15, 0.2) is 18.2 Å². The lowest BCUT2D eigenvalue weighted by Crippen LogP contribution is -2.09. The molecule has 2 aromatic rings. The molecule has 0 fully saturated rings. The lowest BCUT2D eigenvalue weighted by atomic mass is 10.2. The fraction of sp³-hybridized carbons (Fsp3) is 0.467. The maximum Gasteiger partial charge on any atom is 0.303 e. The zero-order valence-corrected chi connectivity index (χ0v) is 12.5. The smallest absolute Gasteiger partial charge is 0.303 e. The third-order valence-corrected chi connectivity index (χ3v) is 3.36. The van der Waals surface area contributed by atoms with E-state index in [9.17, 15) is 4.79 Å². The first-order valence-electron chi connectivity index (χ1n) is 6.84. The molecular formula is C15H19ClN2O2. The number of carbonyl (C=O) groups is 1. The van der Waals surface area contributed by atoms with Crippen LogP contribution in [0.25, 0.3) is 11.0 Å². The maximum absolute atomic E-state index is 10.6. The van der Waals surface area contributed by atoms with E-state index in [4.69, 9.17) is 16.7 Å². The number of halogens is 1. The van der Waals surface area contributed by atoms with Crippen molar-refractivity contribution in [3.63, 3.8) is 0 Å². The Bertz CT molecular complexity index is 620. The van der Waals surface area contributed by atoms with Crippen molar-refractivity contribution in [3.8, 4) is 0 Å². The maximum atomic E-state index is 10.6. The molecule has 5 heteroatoms. The van der Waals surface area contributed by atoms with Crippen LogP contribution in [0.3, 0.4) is 0 Å². The third-order valence-electron chi connectivity index (χ3n) is 3.13. The highest BCUT2D eigenvalue weighted by atomic mass is 35.5. The Kier molecular flexibility index (Phi) is 4.65. The van der Waals surface area contributed by atoms with Crippen LogP contribution < -0.4 is 0 Å². The SMILES string of the molecule is CC(C)Cn1c(CCCC(=O)O)nc2cc(Cl)ccc21. The summed E-state index contributed by atoms with van der Waals surface area (Å²) in [7, 11) is 0. The van der Waals surface area contributed by atoms with Crippen molar-refractivity contribution in [2.24, 2.45) is 5.92 Å². The molecule has 0 aliphatic heterocycles. The Morgan fingerprint density at radius 1 is 1.45 bits per heavy atom. The fourth-order valence-electron chi connectivity index (χ4n) is 2.31. The summed E-state index contributed by atoms with van der Waals surface area (Å²) >= 11 is 6.00. The lowest BCUT2D eigenvalue weighted by Gasteiger charge is -2.11. The molecule has 0 radical (unpaired) electrons. The van der Waals surface area contributed by atoms with Crippen LogP contribution in [0.1, 0.15) is 32.5 Å². The molecule has 2 rings (SSSR count). The van der Waals surface area contributed by atoms with Gasteiger partial charge in [-0.15, -0.1) is 0 Å². The summed E-state index contributed by atoms with van der Waals surface area (Å²) in [5.74, 6) is 0.679. The molecule has 1 aromatic carbocycles. The minimum absolute atomic E-state index is 0.172. The topological polar surface area (TPSA) is 55.1 Å². The van der Waals surface area contributed by atoms with Gasteiger partial charge in [0, 0.05) is 24.4 Å². The molecule has 0 amide bonds. The average molecular weight is 295 g/mol. The molecule has 0 bridgehead atoms. The van der Waals surface area contributed by atoms with E-state index in [2.05, 4.69) is 23.4 Å². The highest BCUT2D eigenvalue weighted by molar-refractivity contribution is 6.31. The summed E-state index contributed by atoms with van der Waals surface area (Å²) in [6.45, 7) is 5.19. The van der Waals surface area contributed by atoms with Crippen molar-refractivity contribution in [1.29, 1.82) is 0 Å². The number of hydrogen-bond acceptors (Lipinski definition) is 2. The van der Waals surface area contributed by atoms with Crippen molar-refractivity contribution in [2.75, 3.05) is 0 Å². The first kappa shape index (κ1) is 14.9. The van der Waals surface area contributed by atoms with Gasteiger partial charge in [0.05, 0.1) is 11.0 Å². The first-order valence-corrected chi connectivity index (χ1v) is 7.21. The van der Waals surface area contributed by atoms with Crippen molar-refractivity contribution in [2.45, 2.75) is 39.7 Å². The quantitative estimate of drug-likeness (QED) is 0.882. The van der Waals surface area contributed by atoms with Crippen molar-refractivity contribution < 1.29 is 9.90 Å². The standard InChI is InChI=1S/C15H19ClN2O2/c1-10(2)9-18-13-7-6-11(16)8-12(13)17-14(18)4-3-5-15(19)20/h6-8,10H,3-5,9H2,1-2H3,(H,19,20). The lowest BCUT2D eigenvalue weighted by molar-refractivity contribution is -0.137. The Morgan fingerprint density at radius 2 is 2.20 bits per heavy atom. The Balaban J connectivity index is 2.32. The average Bonchev–Trinajstić information content (AvgIpc) is 2.65. The number of aliphatic carboxylic acids is 1. The molecule has 0 aliphatic rings. The van der Waals surface area contributed by atoms with Gasteiger partial charge in [0.1, 0.15) is 5.82 Å². The van der Waals surface area contributed by atoms with E-state index in [-0.39, 0.29) is 6.42 Å². The summed E-state index contributed by atoms with van der Waals surface area (Å²) < 4.78 is 2.18. The molecule has 0 aliphatic carbocycles. The zero-order chi connectivity index (χ0) is 14.7. The van der Waals surface area contributed by atoms with Gasteiger partial charge in [-0.25, -0.2) is 4.98 Å². The van der Waals surface area contributed by atoms with Crippen molar-refractivity contribution in [3.05, 3.63) is 29.0 Å². The molecule has 0 unspecified atom stereocenters. The Morgan fingerprint density at radius 3 is 2.85 bits per heavy atom. The highest BCUT2D eigenvalue weighted by Gasteiger charge is 2.12. The van der Waals surface area contributed by atoms with Gasteiger partial charge in [0.2, 0.25) is 0 Å². The molecule has 4 nitrogen and oxygen atoms in total. The van der Waals surface area contributed by atoms with Crippen LogP contribution in [0.4, 0.5) is 0 Å². The van der Waals surface area contributed by atoms with Gasteiger partial charge < -0.3 is 9.67 Å². The third kappa shape index (κ3) is 3.51. The number of aryl methyl sites for hydroxylation is 1. The summed E-state index contributed by atoms with van der Waals surface area (Å²) in [6.07, 6.45) is 1.45. The van der Waals surface area contributed by atoms with E-state index >= 15 is 0 Å². The highest BCUT2D eigenvalue weighted by Crippen LogP contribution is 2.22. The number of nitrogens with zero attached hydrogens (tertiary/aromatic N) is 2. The number of carboxylic acids is 1. The number of aromatic nitrogens is 2. The van der Waals surface area contributed by atoms with E-state index in [0.29, 0.717) is 23.8 Å². The van der Waals surface area contributed by atoms with E-state index in [0.717, 1.165) is 23.4 Å². The number of carboxylic acid groups (broad SMARTS) is 1. The van der Waals surface area contributed by atoms with Crippen LogP contribution in [-0.2, 0) is 17.8 Å². The largest absolute Gasteiger partial charge is 0.481 e. The summed E-state index contributed by atoms with van der Waals surface area (Å²) in [6, 6.07) is 5.70. The molecular weight excluding hydrogens is 276 g/mol. The monoisotopic (exact) mass is 294 g/mol.